The summed E-state index contributed by atoms with van der Waals surface area (Å²) in [4.78, 5) is 26.6. The molecule has 2 N–H and O–H groups in total. The summed E-state index contributed by atoms with van der Waals surface area (Å²) in [5.41, 5.74) is 0.795. The van der Waals surface area contributed by atoms with Crippen LogP contribution in [-0.2, 0) is 14.3 Å². The number of carbonyl (C=O) groups is 2. The summed E-state index contributed by atoms with van der Waals surface area (Å²) in [5, 5.41) is 6.12. The van der Waals surface area contributed by atoms with Crippen molar-refractivity contribution in [3.05, 3.63) is 28.7 Å². The predicted molar refractivity (Wildman–Crippen MR) is 94.7 cm³/mol. The van der Waals surface area contributed by atoms with Gasteiger partial charge in [-0.25, -0.2) is 0 Å². The minimum Gasteiger partial charge on any atom is -0.366 e. The van der Waals surface area contributed by atoms with Crippen LogP contribution in [0.15, 0.2) is 28.7 Å². The van der Waals surface area contributed by atoms with E-state index in [9.17, 15) is 9.59 Å². The molecule has 1 unspecified atom stereocenters. The first kappa shape index (κ1) is 17.4. The third kappa shape index (κ3) is 4.34. The minimum absolute atomic E-state index is 0.0278. The average Bonchev–Trinajstić information content (AvgIpc) is 2.64. The highest BCUT2D eigenvalue weighted by Gasteiger charge is 2.31. The largest absolute Gasteiger partial charge is 0.366 e. The van der Waals surface area contributed by atoms with Crippen LogP contribution in [0.3, 0.4) is 0 Å². The number of halogens is 1. The van der Waals surface area contributed by atoms with Gasteiger partial charge in [0.1, 0.15) is 6.10 Å². The molecule has 2 aliphatic heterocycles. The van der Waals surface area contributed by atoms with E-state index in [2.05, 4.69) is 26.6 Å². The second kappa shape index (κ2) is 8.09. The van der Waals surface area contributed by atoms with Crippen LogP contribution in [0.4, 0.5) is 5.69 Å². The number of nitrogens with zero attached hydrogens (tertiary/aromatic N) is 1. The van der Waals surface area contributed by atoms with Gasteiger partial charge in [-0.3, -0.25) is 9.59 Å². The number of hydrogen-bond acceptors (Lipinski definition) is 4. The predicted octanol–water partition coefficient (Wildman–Crippen LogP) is 1.61. The first-order valence-electron chi connectivity index (χ1n) is 8.31. The number of ether oxygens (including phenoxy) is 1. The van der Waals surface area contributed by atoms with Crippen molar-refractivity contribution in [1.82, 2.24) is 10.2 Å². The smallest absolute Gasteiger partial charge is 0.253 e. The van der Waals surface area contributed by atoms with Crippen molar-refractivity contribution >= 4 is 33.4 Å². The Morgan fingerprint density at radius 1 is 1.21 bits per heavy atom. The van der Waals surface area contributed by atoms with Crippen molar-refractivity contribution in [3.8, 4) is 0 Å². The van der Waals surface area contributed by atoms with E-state index in [0.29, 0.717) is 39.1 Å². The maximum absolute atomic E-state index is 12.4. The molecule has 2 amide bonds. The molecule has 24 heavy (non-hydrogen) atoms. The van der Waals surface area contributed by atoms with Gasteiger partial charge in [-0.2, -0.15) is 0 Å². The van der Waals surface area contributed by atoms with Crippen molar-refractivity contribution < 1.29 is 14.3 Å². The maximum Gasteiger partial charge on any atom is 0.253 e. The monoisotopic (exact) mass is 395 g/mol. The van der Waals surface area contributed by atoms with Crippen molar-refractivity contribution in [2.45, 2.75) is 18.9 Å². The number of carbonyl (C=O) groups excluding carboxylic acids is 2. The van der Waals surface area contributed by atoms with E-state index in [1.165, 1.54) is 0 Å². The van der Waals surface area contributed by atoms with Gasteiger partial charge in [-0.15, -0.1) is 0 Å². The van der Waals surface area contributed by atoms with Crippen LogP contribution in [0.5, 0.6) is 0 Å². The number of amides is 2. The topological polar surface area (TPSA) is 70.7 Å². The van der Waals surface area contributed by atoms with E-state index in [4.69, 9.17) is 4.74 Å². The van der Waals surface area contributed by atoms with Crippen LogP contribution < -0.4 is 10.6 Å². The van der Waals surface area contributed by atoms with Gasteiger partial charge in [0.25, 0.3) is 5.91 Å². The number of rotatable bonds is 3. The number of likely N-dealkylation sites (tertiary alicyclic amines) is 1. The zero-order valence-corrected chi connectivity index (χ0v) is 15.0. The van der Waals surface area contributed by atoms with Crippen molar-refractivity contribution in [2.24, 2.45) is 5.92 Å². The highest BCUT2D eigenvalue weighted by molar-refractivity contribution is 9.10. The molecule has 2 aliphatic rings. The van der Waals surface area contributed by atoms with E-state index in [1.54, 1.807) is 0 Å². The van der Waals surface area contributed by atoms with E-state index in [-0.39, 0.29) is 23.8 Å². The van der Waals surface area contributed by atoms with Crippen molar-refractivity contribution in [2.75, 3.05) is 38.1 Å². The number of hydrogen-bond donors (Lipinski definition) is 2. The van der Waals surface area contributed by atoms with Crippen molar-refractivity contribution in [1.29, 1.82) is 0 Å². The van der Waals surface area contributed by atoms with E-state index >= 15 is 0 Å². The van der Waals surface area contributed by atoms with E-state index < -0.39 is 0 Å². The molecule has 130 valence electrons. The molecule has 6 nitrogen and oxygen atoms in total. The second-order valence-corrected chi connectivity index (χ2v) is 7.07. The molecular formula is C17H22BrN3O3. The molecular weight excluding hydrogens is 374 g/mol. The molecule has 2 saturated heterocycles. The van der Waals surface area contributed by atoms with Crippen LogP contribution in [0, 0.1) is 5.92 Å². The Hall–Kier alpha value is -1.44. The van der Waals surface area contributed by atoms with Gasteiger partial charge < -0.3 is 20.3 Å². The normalized spacial score (nSPS) is 22.2. The number of morpholine rings is 1. The zero-order chi connectivity index (χ0) is 16.9. The summed E-state index contributed by atoms with van der Waals surface area (Å²) < 4.78 is 6.50. The first-order valence-corrected chi connectivity index (χ1v) is 9.10. The van der Waals surface area contributed by atoms with Crippen LogP contribution >= 0.6 is 15.9 Å². The summed E-state index contributed by atoms with van der Waals surface area (Å²) in [7, 11) is 0. The summed E-state index contributed by atoms with van der Waals surface area (Å²) in [6, 6.07) is 7.53. The fourth-order valence-corrected chi connectivity index (χ4v) is 3.33. The van der Waals surface area contributed by atoms with Crippen molar-refractivity contribution in [3.63, 3.8) is 0 Å². The average molecular weight is 396 g/mol. The minimum atomic E-state index is -0.383. The summed E-state index contributed by atoms with van der Waals surface area (Å²) in [6.45, 7) is 3.15. The lowest BCUT2D eigenvalue weighted by atomic mass is 9.95. The van der Waals surface area contributed by atoms with Crippen LogP contribution in [0.2, 0.25) is 0 Å². The van der Waals surface area contributed by atoms with Gasteiger partial charge in [-0.05, 0) is 37.1 Å². The Morgan fingerprint density at radius 2 is 1.92 bits per heavy atom. The van der Waals surface area contributed by atoms with Crippen LogP contribution in [0.1, 0.15) is 12.8 Å². The molecule has 2 heterocycles. The molecule has 0 aliphatic carbocycles. The fraction of sp³-hybridized carbons (Fsp3) is 0.529. The lowest BCUT2D eigenvalue weighted by Gasteiger charge is -2.34. The quantitative estimate of drug-likeness (QED) is 0.815. The SMILES string of the molecule is O=C(Nc1ccc(Br)cc1)C1CCN(C(=O)C2CNCCO2)CC1. The van der Waals surface area contributed by atoms with E-state index in [1.807, 2.05) is 29.2 Å². The lowest BCUT2D eigenvalue weighted by Crippen LogP contribution is -2.51. The molecule has 0 spiro atoms. The van der Waals surface area contributed by atoms with E-state index in [0.717, 1.165) is 16.7 Å². The zero-order valence-electron chi connectivity index (χ0n) is 13.5. The summed E-state index contributed by atoms with van der Waals surface area (Å²) in [5.74, 6) is 0.0112. The second-order valence-electron chi connectivity index (χ2n) is 6.16. The molecule has 0 bridgehead atoms. The molecule has 0 radical (unpaired) electrons. The summed E-state index contributed by atoms with van der Waals surface area (Å²) in [6.07, 6.45) is 0.995. The highest BCUT2D eigenvalue weighted by Crippen LogP contribution is 2.21. The Balaban J connectivity index is 1.48. The third-order valence-electron chi connectivity index (χ3n) is 4.49. The first-order chi connectivity index (χ1) is 11.6. The number of piperidine rings is 1. The Kier molecular flexibility index (Phi) is 5.86. The molecule has 1 aromatic rings. The molecule has 0 saturated carbocycles. The molecule has 0 aromatic heterocycles. The molecule has 1 atom stereocenters. The molecule has 7 heteroatoms. The highest BCUT2D eigenvalue weighted by atomic mass is 79.9. The van der Waals surface area contributed by atoms with Gasteiger partial charge in [0, 0.05) is 42.3 Å². The lowest BCUT2D eigenvalue weighted by molar-refractivity contribution is -0.147. The summed E-state index contributed by atoms with van der Waals surface area (Å²) >= 11 is 3.38. The van der Waals surface area contributed by atoms with Gasteiger partial charge in [-0.1, -0.05) is 15.9 Å². The number of benzene rings is 1. The number of anilines is 1. The van der Waals surface area contributed by atoms with Gasteiger partial charge in [0.15, 0.2) is 0 Å². The molecule has 3 rings (SSSR count). The van der Waals surface area contributed by atoms with Crippen LogP contribution in [-0.4, -0.2) is 55.6 Å². The Morgan fingerprint density at radius 3 is 2.54 bits per heavy atom. The fourth-order valence-electron chi connectivity index (χ4n) is 3.07. The molecule has 1 aromatic carbocycles. The maximum atomic E-state index is 12.4. The third-order valence-corrected chi connectivity index (χ3v) is 5.02. The standard InChI is InChI=1S/C17H22BrN3O3/c18-13-1-3-14(4-2-13)20-16(22)12-5-8-21(9-6-12)17(23)15-11-19-7-10-24-15/h1-4,12,15,19H,5-11H2,(H,20,22). The van der Waals surface area contributed by atoms with Gasteiger partial charge >= 0.3 is 0 Å². The molecule has 2 fully saturated rings. The number of nitrogens with one attached hydrogen (secondary N) is 2. The Labute approximate surface area is 150 Å². The van der Waals surface area contributed by atoms with Gasteiger partial charge in [0.2, 0.25) is 5.91 Å². The Bertz CT molecular complexity index is 579. The van der Waals surface area contributed by atoms with Crippen LogP contribution in [0.25, 0.3) is 0 Å². The van der Waals surface area contributed by atoms with Gasteiger partial charge in [0.05, 0.1) is 6.61 Å².